The zero-order chi connectivity index (χ0) is 11.5. The van der Waals surface area contributed by atoms with Crippen LogP contribution in [0.15, 0.2) is 0 Å². The minimum absolute atomic E-state index is 0.0524. The Morgan fingerprint density at radius 2 is 2.00 bits per heavy atom. The van der Waals surface area contributed by atoms with Gasteiger partial charge < -0.3 is 5.73 Å². The second-order valence-corrected chi connectivity index (χ2v) is 4.23. The Bertz CT molecular complexity index is 192. The maximum Gasteiger partial charge on any atom is 0.401 e. The molecule has 1 aliphatic rings. The van der Waals surface area contributed by atoms with E-state index >= 15 is 0 Å². The molecule has 0 aromatic heterocycles. The van der Waals surface area contributed by atoms with Gasteiger partial charge in [0.15, 0.2) is 0 Å². The lowest BCUT2D eigenvalue weighted by Crippen LogP contribution is -2.52. The van der Waals surface area contributed by atoms with Crippen LogP contribution in [0.1, 0.15) is 26.2 Å². The van der Waals surface area contributed by atoms with Gasteiger partial charge >= 0.3 is 6.18 Å². The van der Waals surface area contributed by atoms with E-state index < -0.39 is 12.7 Å². The van der Waals surface area contributed by atoms with E-state index in [2.05, 4.69) is 0 Å². The Hall–Kier alpha value is -0.290. The molecule has 0 amide bonds. The minimum Gasteiger partial charge on any atom is -0.330 e. The molecule has 2 unspecified atom stereocenters. The molecule has 2 nitrogen and oxygen atoms in total. The molecule has 1 saturated carbocycles. The van der Waals surface area contributed by atoms with Crippen molar-refractivity contribution in [2.45, 2.75) is 38.4 Å². The van der Waals surface area contributed by atoms with E-state index in [0.717, 1.165) is 19.3 Å². The van der Waals surface area contributed by atoms with Crippen molar-refractivity contribution in [1.29, 1.82) is 0 Å². The Morgan fingerprint density at radius 1 is 1.33 bits per heavy atom. The van der Waals surface area contributed by atoms with Crippen LogP contribution in [0.2, 0.25) is 0 Å². The summed E-state index contributed by atoms with van der Waals surface area (Å²) in [5.41, 5.74) is 5.51. The number of hydrogen-bond donors (Lipinski definition) is 1. The molecule has 5 heteroatoms. The van der Waals surface area contributed by atoms with Crippen molar-refractivity contribution in [2.24, 2.45) is 11.7 Å². The van der Waals surface area contributed by atoms with Gasteiger partial charge in [-0.3, -0.25) is 4.90 Å². The second kappa shape index (κ2) is 5.16. The third-order valence-electron chi connectivity index (χ3n) is 3.04. The average Bonchev–Trinajstić information content (AvgIpc) is 2.00. The van der Waals surface area contributed by atoms with E-state index in [9.17, 15) is 13.2 Å². The summed E-state index contributed by atoms with van der Waals surface area (Å²) in [6, 6.07) is 0.0524. The summed E-state index contributed by atoms with van der Waals surface area (Å²) in [5.74, 6) is 0.263. The van der Waals surface area contributed by atoms with Crippen LogP contribution in [-0.2, 0) is 0 Å². The van der Waals surface area contributed by atoms with Crippen LogP contribution < -0.4 is 5.73 Å². The molecule has 2 N–H and O–H groups in total. The zero-order valence-electron chi connectivity index (χ0n) is 9.06. The number of hydrogen-bond acceptors (Lipinski definition) is 2. The predicted octanol–water partition coefficient (Wildman–Crippen LogP) is 2.00. The van der Waals surface area contributed by atoms with Gasteiger partial charge in [0.2, 0.25) is 0 Å². The van der Waals surface area contributed by atoms with Crippen molar-refractivity contribution in [3.8, 4) is 0 Å². The van der Waals surface area contributed by atoms with Crippen molar-refractivity contribution < 1.29 is 13.2 Å². The molecule has 90 valence electrons. The molecular formula is C10H19F3N2. The fourth-order valence-electron chi connectivity index (χ4n) is 2.19. The van der Waals surface area contributed by atoms with E-state index in [1.54, 1.807) is 4.90 Å². The van der Waals surface area contributed by atoms with Crippen LogP contribution in [0.5, 0.6) is 0 Å². The van der Waals surface area contributed by atoms with Gasteiger partial charge in [0.25, 0.3) is 0 Å². The van der Waals surface area contributed by atoms with Crippen LogP contribution in [0, 0.1) is 5.92 Å². The first-order chi connectivity index (χ1) is 6.98. The number of halogens is 3. The van der Waals surface area contributed by atoms with Crippen LogP contribution >= 0.6 is 0 Å². The number of nitrogens with zero attached hydrogens (tertiary/aromatic N) is 1. The van der Waals surface area contributed by atoms with Gasteiger partial charge in [-0.05, 0) is 38.3 Å². The van der Waals surface area contributed by atoms with E-state index in [-0.39, 0.29) is 12.0 Å². The summed E-state index contributed by atoms with van der Waals surface area (Å²) >= 11 is 0. The topological polar surface area (TPSA) is 29.3 Å². The van der Waals surface area contributed by atoms with Crippen LogP contribution in [0.25, 0.3) is 0 Å². The van der Waals surface area contributed by atoms with E-state index in [4.69, 9.17) is 5.73 Å². The highest BCUT2D eigenvalue weighted by molar-refractivity contribution is 4.90. The SMILES string of the molecule is CCCN(CC(F)(F)F)C1CCC1CN. The molecule has 1 fully saturated rings. The summed E-state index contributed by atoms with van der Waals surface area (Å²) in [6.45, 7) is 2.13. The normalized spacial score (nSPS) is 26.8. The molecule has 1 rings (SSSR count). The van der Waals surface area contributed by atoms with E-state index in [1.165, 1.54) is 0 Å². The number of rotatable bonds is 5. The zero-order valence-corrected chi connectivity index (χ0v) is 9.06. The predicted molar refractivity (Wildman–Crippen MR) is 53.5 cm³/mol. The molecule has 0 aromatic carbocycles. The van der Waals surface area contributed by atoms with Crippen molar-refractivity contribution in [1.82, 2.24) is 4.90 Å². The second-order valence-electron chi connectivity index (χ2n) is 4.23. The fraction of sp³-hybridized carbons (Fsp3) is 1.00. The van der Waals surface area contributed by atoms with Gasteiger partial charge in [-0.2, -0.15) is 13.2 Å². The first-order valence-corrected chi connectivity index (χ1v) is 5.48. The highest BCUT2D eigenvalue weighted by Crippen LogP contribution is 2.33. The molecule has 0 aromatic rings. The lowest BCUT2D eigenvalue weighted by molar-refractivity contribution is -0.158. The summed E-state index contributed by atoms with van der Waals surface area (Å²) in [7, 11) is 0. The first-order valence-electron chi connectivity index (χ1n) is 5.48. The van der Waals surface area contributed by atoms with Gasteiger partial charge in [-0.1, -0.05) is 6.92 Å². The highest BCUT2D eigenvalue weighted by Gasteiger charge is 2.39. The van der Waals surface area contributed by atoms with Crippen molar-refractivity contribution in [3.05, 3.63) is 0 Å². The molecule has 2 atom stereocenters. The first kappa shape index (κ1) is 12.8. The molecule has 0 spiro atoms. The largest absolute Gasteiger partial charge is 0.401 e. The smallest absolute Gasteiger partial charge is 0.330 e. The van der Waals surface area contributed by atoms with Gasteiger partial charge in [0.05, 0.1) is 6.54 Å². The van der Waals surface area contributed by atoms with Gasteiger partial charge in [0.1, 0.15) is 0 Å². The number of nitrogens with two attached hydrogens (primary N) is 1. The molecular weight excluding hydrogens is 205 g/mol. The lowest BCUT2D eigenvalue weighted by atomic mass is 9.78. The summed E-state index contributed by atoms with van der Waals surface area (Å²) < 4.78 is 36.9. The fourth-order valence-corrected chi connectivity index (χ4v) is 2.19. The van der Waals surface area contributed by atoms with Crippen molar-refractivity contribution in [2.75, 3.05) is 19.6 Å². The quantitative estimate of drug-likeness (QED) is 0.774. The maximum atomic E-state index is 12.3. The van der Waals surface area contributed by atoms with E-state index in [0.29, 0.717) is 13.1 Å². The maximum absolute atomic E-state index is 12.3. The standard InChI is InChI=1S/C10H19F3N2/c1-2-5-15(7-10(11,12)13)9-4-3-8(9)6-14/h8-9H,2-7,14H2,1H3. The molecule has 0 aliphatic heterocycles. The monoisotopic (exact) mass is 224 g/mol. The van der Waals surface area contributed by atoms with Crippen LogP contribution in [-0.4, -0.2) is 36.8 Å². The van der Waals surface area contributed by atoms with Crippen molar-refractivity contribution in [3.63, 3.8) is 0 Å². The van der Waals surface area contributed by atoms with Gasteiger partial charge in [-0.15, -0.1) is 0 Å². The summed E-state index contributed by atoms with van der Waals surface area (Å²) in [5, 5.41) is 0. The van der Waals surface area contributed by atoms with Gasteiger partial charge in [0, 0.05) is 6.04 Å². The Morgan fingerprint density at radius 3 is 2.33 bits per heavy atom. The highest BCUT2D eigenvalue weighted by atomic mass is 19.4. The van der Waals surface area contributed by atoms with Crippen molar-refractivity contribution >= 4 is 0 Å². The Labute approximate surface area is 88.6 Å². The molecule has 1 aliphatic carbocycles. The third-order valence-corrected chi connectivity index (χ3v) is 3.04. The van der Waals surface area contributed by atoms with Crippen LogP contribution in [0.4, 0.5) is 13.2 Å². The lowest BCUT2D eigenvalue weighted by Gasteiger charge is -2.44. The minimum atomic E-state index is -4.09. The Balaban J connectivity index is 2.50. The molecule has 0 saturated heterocycles. The average molecular weight is 224 g/mol. The van der Waals surface area contributed by atoms with Crippen LogP contribution in [0.3, 0.4) is 0 Å². The van der Waals surface area contributed by atoms with Gasteiger partial charge in [-0.25, -0.2) is 0 Å². The summed E-state index contributed by atoms with van der Waals surface area (Å²) in [4.78, 5) is 1.54. The number of alkyl halides is 3. The molecule has 0 heterocycles. The third kappa shape index (κ3) is 3.65. The summed E-state index contributed by atoms with van der Waals surface area (Å²) in [6.07, 6.45) is -1.51. The molecule has 0 bridgehead atoms. The van der Waals surface area contributed by atoms with E-state index in [1.807, 2.05) is 6.92 Å². The molecule has 15 heavy (non-hydrogen) atoms. The Kier molecular flexibility index (Phi) is 4.40. The molecule has 0 radical (unpaired) electrons.